The molecular formula is C20H42IN5O. The molecule has 0 saturated carbocycles. The van der Waals surface area contributed by atoms with E-state index in [2.05, 4.69) is 55.3 Å². The molecule has 1 unspecified atom stereocenters. The number of amides is 1. The van der Waals surface area contributed by atoms with Crippen LogP contribution in [-0.2, 0) is 4.79 Å². The summed E-state index contributed by atoms with van der Waals surface area (Å²) in [6.45, 7) is 10.3. The van der Waals surface area contributed by atoms with Gasteiger partial charge in [0.1, 0.15) is 0 Å². The zero-order valence-corrected chi connectivity index (χ0v) is 20.6. The summed E-state index contributed by atoms with van der Waals surface area (Å²) >= 11 is 0. The lowest BCUT2D eigenvalue weighted by Gasteiger charge is -2.35. The summed E-state index contributed by atoms with van der Waals surface area (Å²) in [6, 6.07) is 0.476. The fourth-order valence-electron chi connectivity index (χ4n) is 3.89. The zero-order valence-electron chi connectivity index (χ0n) is 18.3. The summed E-state index contributed by atoms with van der Waals surface area (Å²) in [5, 5.41) is 6.20. The third-order valence-corrected chi connectivity index (χ3v) is 5.69. The first-order valence-corrected chi connectivity index (χ1v) is 10.4. The minimum Gasteiger partial charge on any atom is -0.359 e. The minimum atomic E-state index is 0. The average molecular weight is 495 g/mol. The molecule has 1 atom stereocenters. The Balaban J connectivity index is 0.00000676. The van der Waals surface area contributed by atoms with Crippen molar-refractivity contribution in [3.63, 3.8) is 0 Å². The lowest BCUT2D eigenvalue weighted by atomic mass is 9.93. The van der Waals surface area contributed by atoms with E-state index < -0.39 is 0 Å². The van der Waals surface area contributed by atoms with Crippen molar-refractivity contribution in [1.82, 2.24) is 20.4 Å². The number of guanidine groups is 1. The maximum atomic E-state index is 11.6. The van der Waals surface area contributed by atoms with Gasteiger partial charge in [0.05, 0.1) is 6.54 Å². The van der Waals surface area contributed by atoms with E-state index in [1.54, 1.807) is 7.05 Å². The predicted molar refractivity (Wildman–Crippen MR) is 126 cm³/mol. The van der Waals surface area contributed by atoms with Crippen molar-refractivity contribution in [3.05, 3.63) is 0 Å². The normalized spacial score (nSPS) is 17.0. The van der Waals surface area contributed by atoms with Gasteiger partial charge in [0.2, 0.25) is 5.91 Å². The molecule has 0 spiro atoms. The number of hydrogen-bond donors (Lipinski definition) is 2. The highest BCUT2D eigenvalue weighted by Crippen LogP contribution is 2.21. The molecule has 1 saturated heterocycles. The van der Waals surface area contributed by atoms with Crippen LogP contribution >= 0.6 is 24.0 Å². The molecule has 1 rings (SSSR count). The van der Waals surface area contributed by atoms with E-state index in [9.17, 15) is 4.79 Å². The van der Waals surface area contributed by atoms with Crippen LogP contribution < -0.4 is 10.6 Å². The van der Waals surface area contributed by atoms with Crippen LogP contribution in [0.2, 0.25) is 0 Å². The van der Waals surface area contributed by atoms with E-state index in [1.165, 1.54) is 12.8 Å². The second kappa shape index (κ2) is 14.4. The van der Waals surface area contributed by atoms with Gasteiger partial charge in [-0.15, -0.1) is 24.0 Å². The second-order valence-corrected chi connectivity index (χ2v) is 7.61. The maximum absolute atomic E-state index is 11.6. The first kappa shape index (κ1) is 26.4. The molecule has 0 radical (unpaired) electrons. The number of likely N-dealkylation sites (N-methyl/N-ethyl adjacent to an activating group) is 1. The predicted octanol–water partition coefficient (Wildman–Crippen LogP) is 2.78. The van der Waals surface area contributed by atoms with Gasteiger partial charge in [0.25, 0.3) is 0 Å². The van der Waals surface area contributed by atoms with E-state index in [4.69, 9.17) is 4.99 Å². The third kappa shape index (κ3) is 8.98. The lowest BCUT2D eigenvalue weighted by molar-refractivity contribution is -0.121. The molecule has 1 aliphatic heterocycles. The summed E-state index contributed by atoms with van der Waals surface area (Å²) in [4.78, 5) is 21.3. The molecule has 0 aromatic rings. The molecule has 6 nitrogen and oxygen atoms in total. The molecule has 7 heteroatoms. The average Bonchev–Trinajstić information content (AvgIpc) is 2.64. The first-order valence-electron chi connectivity index (χ1n) is 10.4. The van der Waals surface area contributed by atoms with Crippen LogP contribution in [0.25, 0.3) is 0 Å². The number of halogens is 1. The van der Waals surface area contributed by atoms with Gasteiger partial charge in [-0.05, 0) is 45.7 Å². The van der Waals surface area contributed by atoms with Gasteiger partial charge in [-0.3, -0.25) is 9.79 Å². The van der Waals surface area contributed by atoms with Crippen molar-refractivity contribution < 1.29 is 4.79 Å². The zero-order chi connectivity index (χ0) is 19.5. The fraction of sp³-hybridized carbons (Fsp3) is 0.900. The van der Waals surface area contributed by atoms with Gasteiger partial charge in [-0.1, -0.05) is 26.7 Å². The monoisotopic (exact) mass is 495 g/mol. The van der Waals surface area contributed by atoms with E-state index in [0.29, 0.717) is 24.3 Å². The number of piperidine rings is 1. The molecule has 0 bridgehead atoms. The summed E-state index contributed by atoms with van der Waals surface area (Å²) in [7, 11) is 6.04. The highest BCUT2D eigenvalue weighted by Gasteiger charge is 2.24. The van der Waals surface area contributed by atoms with Crippen LogP contribution in [0.5, 0.6) is 0 Å². The van der Waals surface area contributed by atoms with Gasteiger partial charge < -0.3 is 20.4 Å². The van der Waals surface area contributed by atoms with Gasteiger partial charge >= 0.3 is 0 Å². The second-order valence-electron chi connectivity index (χ2n) is 7.61. The quantitative estimate of drug-likeness (QED) is 0.294. The Bertz CT molecular complexity index is 432. The molecule has 0 aromatic heterocycles. The number of aliphatic imine (C=N–C) groups is 1. The Morgan fingerprint density at radius 2 is 1.78 bits per heavy atom. The lowest BCUT2D eigenvalue weighted by Crippen LogP contribution is -2.47. The topological polar surface area (TPSA) is 60.0 Å². The molecule has 160 valence electrons. The molecule has 2 N–H and O–H groups in total. The van der Waals surface area contributed by atoms with Crippen molar-refractivity contribution in [2.24, 2.45) is 16.8 Å². The van der Waals surface area contributed by atoms with Gasteiger partial charge in [-0.25, -0.2) is 0 Å². The number of carbonyl (C=O) groups is 1. The smallest absolute Gasteiger partial charge is 0.220 e. The van der Waals surface area contributed by atoms with E-state index in [1.807, 2.05) is 0 Å². The summed E-state index contributed by atoms with van der Waals surface area (Å²) in [6.07, 6.45) is 5.14. The van der Waals surface area contributed by atoms with E-state index in [0.717, 1.165) is 45.0 Å². The van der Waals surface area contributed by atoms with Crippen LogP contribution in [0.1, 0.15) is 52.9 Å². The van der Waals surface area contributed by atoms with Crippen LogP contribution in [0.3, 0.4) is 0 Å². The van der Waals surface area contributed by atoms with Gasteiger partial charge in [0.15, 0.2) is 5.96 Å². The van der Waals surface area contributed by atoms with E-state index >= 15 is 0 Å². The molecule has 0 aliphatic carbocycles. The van der Waals surface area contributed by atoms with Crippen molar-refractivity contribution in [2.75, 3.05) is 47.3 Å². The van der Waals surface area contributed by atoms with Crippen molar-refractivity contribution in [1.29, 1.82) is 0 Å². The molecule has 1 heterocycles. The highest BCUT2D eigenvalue weighted by molar-refractivity contribution is 14.0. The van der Waals surface area contributed by atoms with Crippen molar-refractivity contribution in [2.45, 2.75) is 58.9 Å². The van der Waals surface area contributed by atoms with Crippen molar-refractivity contribution >= 4 is 35.8 Å². The van der Waals surface area contributed by atoms with Gasteiger partial charge in [-0.2, -0.15) is 0 Å². The number of nitrogens with one attached hydrogen (secondary N) is 2. The summed E-state index contributed by atoms with van der Waals surface area (Å²) in [5.74, 6) is 2.36. The Morgan fingerprint density at radius 3 is 2.22 bits per heavy atom. The van der Waals surface area contributed by atoms with Crippen LogP contribution in [-0.4, -0.2) is 75.0 Å². The Hall–Kier alpha value is -0.570. The third-order valence-electron chi connectivity index (χ3n) is 5.69. The van der Waals surface area contributed by atoms with Crippen molar-refractivity contribution in [3.8, 4) is 0 Å². The largest absolute Gasteiger partial charge is 0.359 e. The fourth-order valence-corrected chi connectivity index (χ4v) is 3.89. The number of nitrogens with zero attached hydrogens (tertiary/aromatic N) is 3. The summed E-state index contributed by atoms with van der Waals surface area (Å²) in [5.41, 5.74) is 0. The Labute approximate surface area is 183 Å². The van der Waals surface area contributed by atoms with Crippen LogP contribution in [0.4, 0.5) is 0 Å². The number of hydrogen-bond acceptors (Lipinski definition) is 3. The molecular weight excluding hydrogens is 453 g/mol. The minimum absolute atomic E-state index is 0. The number of rotatable bonds is 9. The van der Waals surface area contributed by atoms with E-state index in [-0.39, 0.29) is 29.9 Å². The maximum Gasteiger partial charge on any atom is 0.220 e. The molecule has 27 heavy (non-hydrogen) atoms. The SMILES string of the molecule is CCNC(=NCC(C(CC)CC)N(C)C)N1CCC(CC(=O)NC)CC1.I. The Morgan fingerprint density at radius 1 is 1.19 bits per heavy atom. The number of carbonyl (C=O) groups excluding carboxylic acids is 1. The molecule has 1 aliphatic rings. The first-order chi connectivity index (χ1) is 12.5. The van der Waals surface area contributed by atoms with Crippen LogP contribution in [0, 0.1) is 11.8 Å². The van der Waals surface area contributed by atoms with Crippen LogP contribution in [0.15, 0.2) is 4.99 Å². The molecule has 1 amide bonds. The highest BCUT2D eigenvalue weighted by atomic mass is 127. The van der Waals surface area contributed by atoms with Gasteiger partial charge in [0, 0.05) is 39.1 Å². The Kier molecular flexibility index (Phi) is 14.1. The summed E-state index contributed by atoms with van der Waals surface area (Å²) < 4.78 is 0. The number of likely N-dealkylation sites (tertiary alicyclic amines) is 1. The molecule has 0 aromatic carbocycles. The standard InChI is InChI=1S/C20H41N5O.HI/c1-7-17(8-2)18(24(5)6)15-23-20(22-9-3)25-12-10-16(11-13-25)14-19(26)21-4;/h16-18H,7-15H2,1-6H3,(H,21,26)(H,22,23);1H. The molecule has 1 fully saturated rings.